The topological polar surface area (TPSA) is 48.1 Å². The summed E-state index contributed by atoms with van der Waals surface area (Å²) in [5, 5.41) is 0. The summed E-state index contributed by atoms with van der Waals surface area (Å²) in [6.07, 6.45) is 4.18. The van der Waals surface area contributed by atoms with Crippen LogP contribution in [0.3, 0.4) is 0 Å². The summed E-state index contributed by atoms with van der Waals surface area (Å²) < 4.78 is 5.98. The van der Waals surface area contributed by atoms with Crippen molar-refractivity contribution in [3.05, 3.63) is 89.7 Å². The van der Waals surface area contributed by atoms with Gasteiger partial charge in [-0.15, -0.1) is 0 Å². The Morgan fingerprint density at radius 3 is 2.45 bits per heavy atom. The summed E-state index contributed by atoms with van der Waals surface area (Å²) in [6, 6.07) is 20.2. The first-order valence-electron chi connectivity index (χ1n) is 7.26. The highest BCUT2D eigenvalue weighted by Crippen LogP contribution is 2.24. The summed E-state index contributed by atoms with van der Waals surface area (Å²) in [7, 11) is 0. The molecule has 3 rings (SSSR count). The first-order chi connectivity index (χ1) is 10.8. The minimum Gasteiger partial charge on any atom is -0.489 e. The molecule has 3 heteroatoms. The third-order valence-electron chi connectivity index (χ3n) is 3.54. The molecule has 0 aliphatic rings. The number of hydrogen-bond acceptors (Lipinski definition) is 3. The van der Waals surface area contributed by atoms with Crippen LogP contribution in [0.15, 0.2) is 73.1 Å². The molecular formula is C19H18N2O. The van der Waals surface area contributed by atoms with Crippen LogP contribution >= 0.6 is 0 Å². The highest BCUT2D eigenvalue weighted by Gasteiger charge is 2.07. The van der Waals surface area contributed by atoms with Crippen LogP contribution in [0.1, 0.15) is 16.7 Å². The van der Waals surface area contributed by atoms with E-state index in [0.29, 0.717) is 12.3 Å². The van der Waals surface area contributed by atoms with Crippen LogP contribution < -0.4 is 10.5 Å². The number of nitrogens with two attached hydrogens (primary N) is 1. The van der Waals surface area contributed by atoms with Crippen LogP contribution in [0.4, 0.5) is 5.69 Å². The van der Waals surface area contributed by atoms with Gasteiger partial charge in [0.15, 0.2) is 0 Å². The van der Waals surface area contributed by atoms with Crippen molar-refractivity contribution in [2.75, 3.05) is 5.73 Å². The number of hydrogen-bond donors (Lipinski definition) is 1. The third kappa shape index (κ3) is 3.44. The van der Waals surface area contributed by atoms with E-state index in [1.54, 1.807) is 12.4 Å². The van der Waals surface area contributed by atoms with Gasteiger partial charge in [-0.3, -0.25) is 4.98 Å². The molecule has 2 N–H and O–H groups in total. The first kappa shape index (κ1) is 14.1. The fourth-order valence-electron chi connectivity index (χ4n) is 2.33. The van der Waals surface area contributed by atoms with E-state index in [-0.39, 0.29) is 0 Å². The molecule has 1 aromatic heterocycles. The number of para-hydroxylation sites is 1. The number of rotatable bonds is 5. The van der Waals surface area contributed by atoms with Gasteiger partial charge in [-0.1, -0.05) is 48.5 Å². The lowest BCUT2D eigenvalue weighted by atomic mass is 10.0. The van der Waals surface area contributed by atoms with Gasteiger partial charge in [0, 0.05) is 12.6 Å². The monoisotopic (exact) mass is 290 g/mol. The van der Waals surface area contributed by atoms with E-state index >= 15 is 0 Å². The van der Waals surface area contributed by atoms with Crippen molar-refractivity contribution in [2.24, 2.45) is 0 Å². The Balaban J connectivity index is 1.77. The van der Waals surface area contributed by atoms with Crippen LogP contribution in [0, 0.1) is 0 Å². The molecule has 0 aliphatic carbocycles. The normalized spacial score (nSPS) is 10.4. The first-order valence-corrected chi connectivity index (χ1v) is 7.26. The number of nitrogen functional groups attached to an aromatic ring is 1. The molecule has 0 radical (unpaired) electrons. The van der Waals surface area contributed by atoms with Gasteiger partial charge >= 0.3 is 0 Å². The molecule has 2 aromatic carbocycles. The number of nitrogens with zero attached hydrogens (tertiary/aromatic N) is 1. The molecule has 3 aromatic rings. The molecule has 0 spiro atoms. The fourth-order valence-corrected chi connectivity index (χ4v) is 2.33. The number of ether oxygens (including phenoxy) is 1. The van der Waals surface area contributed by atoms with Crippen molar-refractivity contribution in [1.29, 1.82) is 0 Å². The Morgan fingerprint density at radius 1 is 0.864 bits per heavy atom. The SMILES string of the molecule is Nc1cnccc1Cc1ccccc1OCc1ccccc1. The molecule has 22 heavy (non-hydrogen) atoms. The molecule has 0 bridgehead atoms. The number of benzene rings is 2. The maximum absolute atomic E-state index is 5.98. The van der Waals surface area contributed by atoms with Crippen LogP contribution in [-0.4, -0.2) is 4.98 Å². The van der Waals surface area contributed by atoms with E-state index in [1.807, 2.05) is 42.5 Å². The van der Waals surface area contributed by atoms with E-state index in [0.717, 1.165) is 28.9 Å². The molecule has 0 amide bonds. The van der Waals surface area contributed by atoms with Crippen LogP contribution in [-0.2, 0) is 13.0 Å². The second kappa shape index (κ2) is 6.76. The standard InChI is InChI=1S/C19H18N2O/c20-18-13-21-11-10-16(18)12-17-8-4-5-9-19(17)22-14-15-6-2-1-3-7-15/h1-11,13H,12,14,20H2. The van der Waals surface area contributed by atoms with Crippen molar-refractivity contribution in [3.63, 3.8) is 0 Å². The largest absolute Gasteiger partial charge is 0.489 e. The van der Waals surface area contributed by atoms with Crippen molar-refractivity contribution < 1.29 is 4.74 Å². The lowest BCUT2D eigenvalue weighted by Gasteiger charge is -2.12. The van der Waals surface area contributed by atoms with E-state index in [1.165, 1.54) is 0 Å². The molecule has 0 fully saturated rings. The summed E-state index contributed by atoms with van der Waals surface area (Å²) in [5.74, 6) is 0.891. The maximum Gasteiger partial charge on any atom is 0.123 e. The molecule has 0 atom stereocenters. The molecule has 0 saturated heterocycles. The Kier molecular flexibility index (Phi) is 4.35. The Morgan fingerprint density at radius 2 is 1.64 bits per heavy atom. The molecule has 0 aliphatic heterocycles. The minimum absolute atomic E-state index is 0.559. The van der Waals surface area contributed by atoms with Crippen molar-refractivity contribution in [2.45, 2.75) is 13.0 Å². The summed E-state index contributed by atoms with van der Waals surface area (Å²) in [6.45, 7) is 0.559. The highest BCUT2D eigenvalue weighted by atomic mass is 16.5. The summed E-state index contributed by atoms with van der Waals surface area (Å²) in [5.41, 5.74) is 10.0. The Hall–Kier alpha value is -2.81. The second-order valence-electron chi connectivity index (χ2n) is 5.13. The molecule has 0 saturated carbocycles. The van der Waals surface area contributed by atoms with E-state index in [4.69, 9.17) is 10.5 Å². The predicted molar refractivity (Wildman–Crippen MR) is 88.7 cm³/mol. The molecular weight excluding hydrogens is 272 g/mol. The molecule has 3 nitrogen and oxygen atoms in total. The number of anilines is 1. The lowest BCUT2D eigenvalue weighted by molar-refractivity contribution is 0.303. The van der Waals surface area contributed by atoms with Crippen molar-refractivity contribution >= 4 is 5.69 Å². The highest BCUT2D eigenvalue weighted by molar-refractivity contribution is 5.48. The summed E-state index contributed by atoms with van der Waals surface area (Å²) in [4.78, 5) is 4.03. The van der Waals surface area contributed by atoms with E-state index in [2.05, 4.69) is 23.2 Å². The second-order valence-corrected chi connectivity index (χ2v) is 5.13. The molecule has 1 heterocycles. The van der Waals surface area contributed by atoms with Gasteiger partial charge in [-0.2, -0.15) is 0 Å². The van der Waals surface area contributed by atoms with Crippen LogP contribution in [0.5, 0.6) is 5.75 Å². The van der Waals surface area contributed by atoms with Crippen LogP contribution in [0.2, 0.25) is 0 Å². The van der Waals surface area contributed by atoms with Crippen LogP contribution in [0.25, 0.3) is 0 Å². The van der Waals surface area contributed by atoms with Gasteiger partial charge in [-0.05, 0) is 28.8 Å². The van der Waals surface area contributed by atoms with Gasteiger partial charge in [-0.25, -0.2) is 0 Å². The van der Waals surface area contributed by atoms with E-state index < -0.39 is 0 Å². The van der Waals surface area contributed by atoms with Gasteiger partial charge in [0.1, 0.15) is 12.4 Å². The molecule has 0 unspecified atom stereocenters. The number of aromatic nitrogens is 1. The van der Waals surface area contributed by atoms with E-state index in [9.17, 15) is 0 Å². The predicted octanol–water partition coefficient (Wildman–Crippen LogP) is 3.83. The van der Waals surface area contributed by atoms with Gasteiger partial charge < -0.3 is 10.5 Å². The van der Waals surface area contributed by atoms with Gasteiger partial charge in [0.2, 0.25) is 0 Å². The zero-order chi connectivity index (χ0) is 15.2. The minimum atomic E-state index is 0.559. The summed E-state index contributed by atoms with van der Waals surface area (Å²) >= 11 is 0. The average molecular weight is 290 g/mol. The fraction of sp³-hybridized carbons (Fsp3) is 0.105. The van der Waals surface area contributed by atoms with Gasteiger partial charge in [0.05, 0.1) is 11.9 Å². The zero-order valence-electron chi connectivity index (χ0n) is 12.3. The van der Waals surface area contributed by atoms with Crippen molar-refractivity contribution in [3.8, 4) is 5.75 Å². The Bertz CT molecular complexity index is 741. The quantitative estimate of drug-likeness (QED) is 0.776. The third-order valence-corrected chi connectivity index (χ3v) is 3.54. The lowest BCUT2D eigenvalue weighted by Crippen LogP contribution is -2.01. The Labute approximate surface area is 130 Å². The molecule has 110 valence electrons. The average Bonchev–Trinajstić information content (AvgIpc) is 2.57. The van der Waals surface area contributed by atoms with Gasteiger partial charge in [0.25, 0.3) is 0 Å². The zero-order valence-corrected chi connectivity index (χ0v) is 12.3. The van der Waals surface area contributed by atoms with Crippen molar-refractivity contribution in [1.82, 2.24) is 4.98 Å². The number of pyridine rings is 1. The smallest absolute Gasteiger partial charge is 0.123 e. The maximum atomic E-state index is 5.98.